The van der Waals surface area contributed by atoms with Crippen LogP contribution in [0.15, 0.2) is 30.3 Å². The predicted molar refractivity (Wildman–Crippen MR) is 136 cm³/mol. The number of anilines is 1. The summed E-state index contributed by atoms with van der Waals surface area (Å²) in [5.41, 5.74) is 2.16. The van der Waals surface area contributed by atoms with E-state index in [-0.39, 0.29) is 18.0 Å². The summed E-state index contributed by atoms with van der Waals surface area (Å²) >= 11 is 6.67. The van der Waals surface area contributed by atoms with Gasteiger partial charge in [-0.1, -0.05) is 23.7 Å². The Labute approximate surface area is 205 Å². The number of amides is 1. The number of halogens is 2. The fourth-order valence-corrected chi connectivity index (χ4v) is 4.96. The Bertz CT molecular complexity index is 1220. The highest BCUT2D eigenvalue weighted by Gasteiger charge is 2.29. The lowest BCUT2D eigenvalue weighted by atomic mass is 10.0. The second kappa shape index (κ2) is 9.84. The van der Waals surface area contributed by atoms with Gasteiger partial charge in [-0.2, -0.15) is 0 Å². The molecule has 0 aliphatic carbocycles. The van der Waals surface area contributed by atoms with Crippen molar-refractivity contribution >= 4 is 34.2 Å². The molecule has 0 unspecified atom stereocenters. The quantitative estimate of drug-likeness (QED) is 0.549. The first-order valence-corrected chi connectivity index (χ1v) is 12.1. The molecule has 6 nitrogen and oxygen atoms in total. The third kappa shape index (κ3) is 4.46. The maximum absolute atomic E-state index is 14.7. The minimum Gasteiger partial charge on any atom is -0.354 e. The maximum Gasteiger partial charge on any atom is 0.258 e. The maximum atomic E-state index is 14.7. The molecule has 0 radical (unpaired) electrons. The number of aromatic nitrogens is 2. The molecule has 1 fully saturated rings. The Kier molecular flexibility index (Phi) is 7.05. The summed E-state index contributed by atoms with van der Waals surface area (Å²) in [4.78, 5) is 27.6. The van der Waals surface area contributed by atoms with Crippen molar-refractivity contribution in [2.24, 2.45) is 0 Å². The van der Waals surface area contributed by atoms with Gasteiger partial charge in [0.25, 0.3) is 5.91 Å². The third-order valence-corrected chi connectivity index (χ3v) is 6.48. The number of fused-ring (bicyclic) bond motifs is 1. The molecule has 0 atom stereocenters. The molecule has 4 rings (SSSR count). The fraction of sp³-hybridized carbons (Fsp3) is 0.423. The van der Waals surface area contributed by atoms with Crippen LogP contribution in [0.1, 0.15) is 43.7 Å². The highest BCUT2D eigenvalue weighted by molar-refractivity contribution is 6.34. The van der Waals surface area contributed by atoms with Crippen molar-refractivity contribution in [2.45, 2.75) is 46.7 Å². The molecule has 0 bridgehead atoms. The van der Waals surface area contributed by atoms with E-state index in [1.165, 1.54) is 6.07 Å². The minimum absolute atomic E-state index is 0.00636. The third-order valence-electron chi connectivity index (χ3n) is 6.20. The van der Waals surface area contributed by atoms with E-state index in [1.807, 2.05) is 39.5 Å². The number of rotatable bonds is 5. The topological polar surface area (TPSA) is 61.4 Å². The van der Waals surface area contributed by atoms with Gasteiger partial charge in [0.15, 0.2) is 0 Å². The molecule has 3 heterocycles. The predicted octanol–water partition coefficient (Wildman–Crippen LogP) is 5.07. The standard InChI is InChI=1S/C26H31ClFN5O/c1-15(2)33(16(3)4)26(34)22-17(5)30-25(32-12-10-29-11-13-32)19-14-20(27)23(31-24(19)22)18-8-6-7-9-21(18)28/h6-9,14-16,29H,10-13H2,1-5H3. The van der Waals surface area contributed by atoms with Crippen molar-refractivity contribution in [3.63, 3.8) is 0 Å². The smallest absolute Gasteiger partial charge is 0.258 e. The average Bonchev–Trinajstić information content (AvgIpc) is 2.79. The number of pyridine rings is 2. The van der Waals surface area contributed by atoms with Gasteiger partial charge in [-0.25, -0.2) is 14.4 Å². The van der Waals surface area contributed by atoms with Gasteiger partial charge in [0.05, 0.1) is 27.5 Å². The van der Waals surface area contributed by atoms with Gasteiger partial charge in [0.1, 0.15) is 11.6 Å². The largest absolute Gasteiger partial charge is 0.354 e. The zero-order chi connectivity index (χ0) is 24.6. The fourth-order valence-electron chi connectivity index (χ4n) is 4.71. The Morgan fingerprint density at radius 2 is 1.76 bits per heavy atom. The highest BCUT2D eigenvalue weighted by Crippen LogP contribution is 2.37. The van der Waals surface area contributed by atoms with Crippen LogP contribution >= 0.6 is 11.6 Å². The molecule has 1 aliphatic heterocycles. The number of nitrogens with one attached hydrogen (secondary N) is 1. The van der Waals surface area contributed by atoms with Crippen molar-refractivity contribution in [1.29, 1.82) is 0 Å². The second-order valence-corrected chi connectivity index (χ2v) is 9.63. The number of piperazine rings is 1. The Morgan fingerprint density at radius 1 is 1.12 bits per heavy atom. The van der Waals surface area contributed by atoms with E-state index in [0.29, 0.717) is 38.4 Å². The van der Waals surface area contributed by atoms with Gasteiger partial charge in [-0.15, -0.1) is 0 Å². The molecule has 1 amide bonds. The van der Waals surface area contributed by atoms with Crippen LogP contribution in [0.5, 0.6) is 0 Å². The van der Waals surface area contributed by atoms with Crippen LogP contribution in [0, 0.1) is 12.7 Å². The Hall–Kier alpha value is -2.77. The summed E-state index contributed by atoms with van der Waals surface area (Å²) < 4.78 is 14.7. The number of nitrogens with zero attached hydrogens (tertiary/aromatic N) is 4. The van der Waals surface area contributed by atoms with Crippen LogP contribution in [0.2, 0.25) is 5.02 Å². The van der Waals surface area contributed by atoms with Crippen LogP contribution in [0.25, 0.3) is 22.2 Å². The molecule has 34 heavy (non-hydrogen) atoms. The average molecular weight is 484 g/mol. The van der Waals surface area contributed by atoms with Crippen LogP contribution in [0.3, 0.4) is 0 Å². The molecule has 0 saturated carbocycles. The van der Waals surface area contributed by atoms with E-state index in [9.17, 15) is 9.18 Å². The van der Waals surface area contributed by atoms with Crippen LogP contribution in [-0.2, 0) is 0 Å². The first-order valence-electron chi connectivity index (χ1n) is 11.7. The molecule has 8 heteroatoms. The monoisotopic (exact) mass is 483 g/mol. The van der Waals surface area contributed by atoms with Gasteiger partial charge in [0.2, 0.25) is 0 Å². The highest BCUT2D eigenvalue weighted by atomic mass is 35.5. The van der Waals surface area contributed by atoms with E-state index in [4.69, 9.17) is 21.6 Å². The zero-order valence-electron chi connectivity index (χ0n) is 20.3. The summed E-state index contributed by atoms with van der Waals surface area (Å²) in [6, 6.07) is 8.17. The van der Waals surface area contributed by atoms with Crippen LogP contribution in [-0.4, -0.2) is 59.0 Å². The van der Waals surface area contributed by atoms with Crippen molar-refractivity contribution in [3.05, 3.63) is 52.4 Å². The molecule has 1 N–H and O–H groups in total. The summed E-state index contributed by atoms with van der Waals surface area (Å²) in [5, 5.41) is 4.38. The Morgan fingerprint density at radius 3 is 2.38 bits per heavy atom. The van der Waals surface area contributed by atoms with Gasteiger partial charge in [-0.3, -0.25) is 4.79 Å². The molecule has 180 valence electrons. The normalized spacial score (nSPS) is 14.3. The number of hydrogen-bond acceptors (Lipinski definition) is 5. The van der Waals surface area contributed by atoms with Crippen LogP contribution < -0.4 is 10.2 Å². The van der Waals surface area contributed by atoms with Gasteiger partial charge >= 0.3 is 0 Å². The molecule has 0 spiro atoms. The number of carbonyl (C=O) groups is 1. The second-order valence-electron chi connectivity index (χ2n) is 9.23. The van der Waals surface area contributed by atoms with E-state index in [1.54, 1.807) is 24.3 Å². The van der Waals surface area contributed by atoms with E-state index in [0.717, 1.165) is 32.0 Å². The van der Waals surface area contributed by atoms with Crippen molar-refractivity contribution < 1.29 is 9.18 Å². The van der Waals surface area contributed by atoms with Crippen molar-refractivity contribution in [2.75, 3.05) is 31.1 Å². The molecular weight excluding hydrogens is 453 g/mol. The zero-order valence-corrected chi connectivity index (χ0v) is 21.1. The van der Waals surface area contributed by atoms with Gasteiger partial charge in [-0.05, 0) is 52.8 Å². The lowest BCUT2D eigenvalue weighted by Crippen LogP contribution is -2.44. The summed E-state index contributed by atoms with van der Waals surface area (Å²) in [6.45, 7) is 13.1. The summed E-state index contributed by atoms with van der Waals surface area (Å²) in [5.74, 6) is 0.199. The van der Waals surface area contributed by atoms with E-state index in [2.05, 4.69) is 10.2 Å². The summed E-state index contributed by atoms with van der Waals surface area (Å²) in [7, 11) is 0. The van der Waals surface area contributed by atoms with Crippen LogP contribution in [0.4, 0.5) is 10.2 Å². The molecule has 1 saturated heterocycles. The molecule has 2 aromatic heterocycles. The number of hydrogen-bond donors (Lipinski definition) is 1. The molecule has 1 aromatic carbocycles. The van der Waals surface area contributed by atoms with Gasteiger partial charge in [0, 0.05) is 49.2 Å². The minimum atomic E-state index is -0.414. The number of benzene rings is 1. The Balaban J connectivity index is 2.02. The lowest BCUT2D eigenvalue weighted by molar-refractivity contribution is 0.0644. The summed E-state index contributed by atoms with van der Waals surface area (Å²) in [6.07, 6.45) is 0. The first-order chi connectivity index (χ1) is 16.2. The van der Waals surface area contributed by atoms with E-state index < -0.39 is 5.82 Å². The molecular formula is C26H31ClFN5O. The SMILES string of the molecule is Cc1nc(N2CCNCC2)c2cc(Cl)c(-c3ccccc3F)nc2c1C(=O)N(C(C)C)C(C)C. The number of carbonyl (C=O) groups excluding carboxylic acids is 1. The molecule has 1 aliphatic rings. The lowest BCUT2D eigenvalue weighted by Gasteiger charge is -2.33. The molecule has 3 aromatic rings. The van der Waals surface area contributed by atoms with Gasteiger partial charge < -0.3 is 15.1 Å². The van der Waals surface area contributed by atoms with Crippen molar-refractivity contribution in [3.8, 4) is 11.3 Å². The van der Waals surface area contributed by atoms with Crippen molar-refractivity contribution in [1.82, 2.24) is 20.2 Å². The van der Waals surface area contributed by atoms with E-state index >= 15 is 0 Å². The number of aryl methyl sites for hydroxylation is 1. The first kappa shape index (κ1) is 24.4.